The number of phenolic OH excluding ortho intramolecular Hbond substituents is 2. The van der Waals surface area contributed by atoms with Crippen molar-refractivity contribution in [3.05, 3.63) is 11.1 Å². The second kappa shape index (κ2) is 5.28. The van der Waals surface area contributed by atoms with Crippen LogP contribution >= 0.6 is 0 Å². The fourth-order valence-electron chi connectivity index (χ4n) is 1.97. The number of aromatic hydroxyl groups is 2. The normalized spacial score (nSPS) is 11.4. The topological polar surface area (TPSA) is 127 Å². The molecule has 0 heterocycles. The number of benzene rings is 1. The second-order valence-electron chi connectivity index (χ2n) is 4.10. The summed E-state index contributed by atoms with van der Waals surface area (Å²) >= 11 is -5.39. The van der Waals surface area contributed by atoms with E-state index in [9.17, 15) is 26.9 Å². The van der Waals surface area contributed by atoms with Gasteiger partial charge in [-0.15, -0.1) is 0 Å². The van der Waals surface area contributed by atoms with Crippen LogP contribution in [0.15, 0.2) is 0 Å². The first kappa shape index (κ1) is 15.6. The number of hydrogen-bond donors (Lipinski definition) is 5. The van der Waals surface area contributed by atoms with Crippen molar-refractivity contribution in [2.24, 2.45) is 0 Å². The van der Waals surface area contributed by atoms with E-state index in [1.54, 1.807) is 6.92 Å². The van der Waals surface area contributed by atoms with E-state index in [0.717, 1.165) is 6.92 Å². The van der Waals surface area contributed by atoms with Gasteiger partial charge in [-0.3, -0.25) is 0 Å². The van der Waals surface area contributed by atoms with Gasteiger partial charge in [-0.05, 0) is 0 Å². The maximum atomic E-state index is 11.6. The van der Waals surface area contributed by atoms with Gasteiger partial charge in [0.25, 0.3) is 0 Å². The van der Waals surface area contributed by atoms with E-state index in [2.05, 4.69) is 5.32 Å². The number of nitrogens with one attached hydrogen (secondary N) is 1. The van der Waals surface area contributed by atoms with E-state index >= 15 is 0 Å². The first-order chi connectivity index (χ1) is 8.61. The molecule has 0 aliphatic rings. The monoisotopic (exact) mass is 333 g/mol. The van der Waals surface area contributed by atoms with Crippen molar-refractivity contribution in [1.29, 1.82) is 0 Å². The Balaban J connectivity index is 3.79. The molecule has 0 aromatic heterocycles. The van der Waals surface area contributed by atoms with E-state index in [0.29, 0.717) is 0 Å². The minimum absolute atomic E-state index is 0.175. The van der Waals surface area contributed by atoms with Crippen molar-refractivity contribution in [2.75, 3.05) is 5.32 Å². The number of rotatable bonds is 3. The van der Waals surface area contributed by atoms with Gasteiger partial charge in [-0.2, -0.15) is 0 Å². The Bertz CT molecular complexity index is 577. The Kier molecular flexibility index (Phi) is 4.35. The van der Waals surface area contributed by atoms with Crippen LogP contribution in [0, 0.1) is 6.92 Å². The molecule has 1 aromatic rings. The second-order valence-corrected chi connectivity index (χ2v) is 7.32. The molecule has 0 fully saturated rings. The van der Waals surface area contributed by atoms with Gasteiger partial charge in [-0.1, -0.05) is 0 Å². The Morgan fingerprint density at radius 2 is 1.79 bits per heavy atom. The Hall–Kier alpha value is -1.43. The Labute approximate surface area is 112 Å². The van der Waals surface area contributed by atoms with Gasteiger partial charge in [0.2, 0.25) is 0 Å². The molecule has 8 heteroatoms. The van der Waals surface area contributed by atoms with Gasteiger partial charge in [-0.25, -0.2) is 0 Å². The summed E-state index contributed by atoms with van der Waals surface area (Å²) in [5, 5.41) is 21.8. The average Bonchev–Trinajstić information content (AvgIpc) is 2.23. The molecule has 106 valence electrons. The standard InChI is InChI=1S/C11H16AsNO6/c1-4-7-5(2)8(12(17,18)19)9(13-6(3)14)11(16)10(7)15/h15-16H,4H2,1-3H3,(H,13,14)(H2,17,18,19). The molecule has 0 spiro atoms. The van der Waals surface area contributed by atoms with Gasteiger partial charge in [0.1, 0.15) is 0 Å². The molecule has 0 unspecified atom stereocenters. The van der Waals surface area contributed by atoms with Crippen molar-refractivity contribution in [3.63, 3.8) is 0 Å². The first-order valence-electron chi connectivity index (χ1n) is 5.52. The number of phenols is 2. The molecule has 7 nitrogen and oxygen atoms in total. The van der Waals surface area contributed by atoms with Gasteiger partial charge in [0.15, 0.2) is 0 Å². The number of carbonyl (C=O) groups excluding carboxylic acids is 1. The third kappa shape index (κ3) is 2.94. The molecule has 5 N–H and O–H groups in total. The quantitative estimate of drug-likeness (QED) is 0.374. The SMILES string of the molecule is CCc1c(C)c([As](=O)(O)O)c(NC(C)=O)c(O)c1O. The molecule has 1 aromatic carbocycles. The molecular formula is C11H16AsNO6. The van der Waals surface area contributed by atoms with E-state index in [1.165, 1.54) is 6.92 Å². The van der Waals surface area contributed by atoms with Crippen molar-refractivity contribution >= 4 is 30.1 Å². The maximum absolute atomic E-state index is 11.6. The van der Waals surface area contributed by atoms with Crippen LogP contribution in [0.5, 0.6) is 11.5 Å². The predicted octanol–water partition coefficient (Wildman–Crippen LogP) is -0.512. The minimum atomic E-state index is -5.39. The van der Waals surface area contributed by atoms with Gasteiger partial charge in [0, 0.05) is 0 Å². The van der Waals surface area contributed by atoms with Gasteiger partial charge in [0.05, 0.1) is 0 Å². The Morgan fingerprint density at radius 1 is 1.26 bits per heavy atom. The predicted molar refractivity (Wildman–Crippen MR) is 68.7 cm³/mol. The molecule has 0 bridgehead atoms. The van der Waals surface area contributed by atoms with Crippen LogP contribution in [-0.2, 0) is 15.0 Å². The molecule has 1 amide bonds. The number of hydrogen-bond acceptors (Lipinski definition) is 4. The zero-order chi connectivity index (χ0) is 15.0. The van der Waals surface area contributed by atoms with Crippen LogP contribution < -0.4 is 9.67 Å². The summed E-state index contributed by atoms with van der Waals surface area (Å²) in [6.07, 6.45) is 0.286. The van der Waals surface area contributed by atoms with Crippen molar-refractivity contribution in [1.82, 2.24) is 0 Å². The van der Waals surface area contributed by atoms with Gasteiger partial charge >= 0.3 is 112 Å². The van der Waals surface area contributed by atoms with Crippen LogP contribution in [0.2, 0.25) is 0 Å². The summed E-state index contributed by atoms with van der Waals surface area (Å²) in [6.45, 7) is 4.24. The summed E-state index contributed by atoms with van der Waals surface area (Å²) in [4.78, 5) is 11.1. The Morgan fingerprint density at radius 3 is 2.16 bits per heavy atom. The molecular weight excluding hydrogens is 317 g/mol. The molecule has 0 saturated carbocycles. The van der Waals surface area contributed by atoms with E-state index in [1.807, 2.05) is 0 Å². The van der Waals surface area contributed by atoms with Crippen molar-refractivity contribution in [3.8, 4) is 11.5 Å². The third-order valence-corrected chi connectivity index (χ3v) is 5.13. The molecule has 0 saturated heterocycles. The molecule has 1 rings (SSSR count). The van der Waals surface area contributed by atoms with Crippen LogP contribution in [-0.4, -0.2) is 38.5 Å². The van der Waals surface area contributed by atoms with Crippen molar-refractivity contribution < 1.29 is 26.9 Å². The van der Waals surface area contributed by atoms with Gasteiger partial charge < -0.3 is 0 Å². The fourth-order valence-corrected chi connectivity index (χ4v) is 4.12. The number of anilines is 1. The van der Waals surface area contributed by atoms with Crippen LogP contribution in [0.1, 0.15) is 25.0 Å². The molecule has 0 aliphatic heterocycles. The first-order valence-corrected chi connectivity index (χ1v) is 8.90. The summed E-state index contributed by atoms with van der Waals surface area (Å²) in [5.74, 6) is -1.81. The molecule has 19 heavy (non-hydrogen) atoms. The molecule has 0 aliphatic carbocycles. The van der Waals surface area contributed by atoms with Crippen molar-refractivity contribution in [2.45, 2.75) is 27.2 Å². The summed E-state index contributed by atoms with van der Waals surface area (Å²) in [7, 11) is 0. The summed E-state index contributed by atoms with van der Waals surface area (Å²) < 4.78 is 30.0. The molecule has 0 radical (unpaired) electrons. The average molecular weight is 333 g/mol. The van der Waals surface area contributed by atoms with Crippen LogP contribution in [0.3, 0.4) is 0 Å². The van der Waals surface area contributed by atoms with Crippen LogP contribution in [0.25, 0.3) is 0 Å². The number of amides is 1. The van der Waals surface area contributed by atoms with E-state index in [4.69, 9.17) is 0 Å². The molecule has 0 atom stereocenters. The zero-order valence-electron chi connectivity index (χ0n) is 10.8. The van der Waals surface area contributed by atoms with E-state index < -0.39 is 41.6 Å². The summed E-state index contributed by atoms with van der Waals surface area (Å²) in [6, 6.07) is 0. The van der Waals surface area contributed by atoms with Crippen LogP contribution in [0.4, 0.5) is 5.69 Å². The third-order valence-electron chi connectivity index (χ3n) is 2.74. The summed E-state index contributed by atoms with van der Waals surface area (Å²) in [5.41, 5.74) is -0.00687. The zero-order valence-corrected chi connectivity index (χ0v) is 12.6. The number of carbonyl (C=O) groups is 1. The fraction of sp³-hybridized carbons (Fsp3) is 0.364. The van der Waals surface area contributed by atoms with E-state index in [-0.39, 0.29) is 17.5 Å².